The van der Waals surface area contributed by atoms with Gasteiger partial charge in [0.2, 0.25) is 0 Å². The molecule has 3 aliphatic rings. The molecular weight excluding hydrogens is 264 g/mol. The van der Waals surface area contributed by atoms with Crippen LogP contribution < -0.4 is 0 Å². The van der Waals surface area contributed by atoms with Crippen molar-refractivity contribution in [3.05, 3.63) is 0 Å². The van der Waals surface area contributed by atoms with E-state index in [1.54, 1.807) is 0 Å². The van der Waals surface area contributed by atoms with Crippen LogP contribution in [0.4, 0.5) is 0 Å². The molecule has 4 heteroatoms. The average Bonchev–Trinajstić information content (AvgIpc) is 3.25. The van der Waals surface area contributed by atoms with Crippen molar-refractivity contribution < 1.29 is 9.47 Å². The Morgan fingerprint density at radius 2 is 1.28 bits per heavy atom. The Labute approximate surface area is 119 Å². The predicted molar refractivity (Wildman–Crippen MR) is 79.6 cm³/mol. The zero-order valence-electron chi connectivity index (χ0n) is 11.0. The highest BCUT2D eigenvalue weighted by Gasteiger charge is 2.26. The van der Waals surface area contributed by atoms with Crippen LogP contribution in [0.5, 0.6) is 0 Å². The molecule has 0 aromatic carbocycles. The highest BCUT2D eigenvalue weighted by Crippen LogP contribution is 2.33. The second kappa shape index (κ2) is 6.87. The minimum atomic E-state index is 0.798. The lowest BCUT2D eigenvalue weighted by Crippen LogP contribution is -2.24. The van der Waals surface area contributed by atoms with E-state index in [1.165, 1.54) is 37.2 Å². The van der Waals surface area contributed by atoms with Crippen LogP contribution >= 0.6 is 23.5 Å². The Morgan fingerprint density at radius 3 is 1.72 bits per heavy atom. The summed E-state index contributed by atoms with van der Waals surface area (Å²) in [5.41, 5.74) is 0. The summed E-state index contributed by atoms with van der Waals surface area (Å²) in [7, 11) is 0. The van der Waals surface area contributed by atoms with Gasteiger partial charge in [0.05, 0.1) is 13.2 Å². The molecule has 0 aromatic rings. The molecular formula is C14H24O2S2. The third-order valence-electron chi connectivity index (χ3n) is 4.01. The Morgan fingerprint density at radius 1 is 0.778 bits per heavy atom. The van der Waals surface area contributed by atoms with Gasteiger partial charge >= 0.3 is 0 Å². The maximum atomic E-state index is 5.83. The van der Waals surface area contributed by atoms with E-state index in [9.17, 15) is 0 Å². The minimum Gasteiger partial charge on any atom is -0.380 e. The van der Waals surface area contributed by atoms with E-state index in [1.807, 2.05) is 23.5 Å². The molecule has 0 amide bonds. The molecule has 1 saturated carbocycles. The lowest BCUT2D eigenvalue weighted by Gasteiger charge is -2.28. The van der Waals surface area contributed by atoms with Crippen molar-refractivity contribution >= 4 is 23.5 Å². The van der Waals surface area contributed by atoms with Crippen molar-refractivity contribution in [2.24, 2.45) is 11.8 Å². The summed E-state index contributed by atoms with van der Waals surface area (Å²) in [6.07, 6.45) is 5.44. The molecule has 18 heavy (non-hydrogen) atoms. The predicted octanol–water partition coefficient (Wildman–Crippen LogP) is 3.06. The van der Waals surface area contributed by atoms with Crippen LogP contribution in [0.25, 0.3) is 0 Å². The van der Waals surface area contributed by atoms with Gasteiger partial charge in [-0.1, -0.05) is 6.42 Å². The van der Waals surface area contributed by atoms with Crippen LogP contribution in [0.2, 0.25) is 0 Å². The molecule has 4 unspecified atom stereocenters. The van der Waals surface area contributed by atoms with Crippen LogP contribution in [-0.4, -0.2) is 48.4 Å². The molecule has 3 fully saturated rings. The van der Waals surface area contributed by atoms with Crippen molar-refractivity contribution in [2.75, 3.05) is 37.9 Å². The highest BCUT2D eigenvalue weighted by molar-refractivity contribution is 8.07. The standard InChI is InChI=1S/C14H24O2S2/c1-2-11(5-15-7-13-9-17-13)4-12(3-1)6-16-8-14-10-18-14/h11-14H,1-10H2. The van der Waals surface area contributed by atoms with Crippen LogP contribution in [0.3, 0.4) is 0 Å². The van der Waals surface area contributed by atoms with Gasteiger partial charge in [0.25, 0.3) is 0 Å². The van der Waals surface area contributed by atoms with Gasteiger partial charge in [-0.25, -0.2) is 0 Å². The quantitative estimate of drug-likeness (QED) is 0.639. The highest BCUT2D eigenvalue weighted by atomic mass is 32.2. The number of hydrogen-bond donors (Lipinski definition) is 0. The van der Waals surface area contributed by atoms with E-state index in [4.69, 9.17) is 9.47 Å². The first-order valence-corrected chi connectivity index (χ1v) is 9.38. The van der Waals surface area contributed by atoms with Crippen LogP contribution in [0, 0.1) is 11.8 Å². The van der Waals surface area contributed by atoms with Gasteiger partial charge in [-0.15, -0.1) is 0 Å². The maximum absolute atomic E-state index is 5.83. The van der Waals surface area contributed by atoms with Crippen LogP contribution in [0.1, 0.15) is 25.7 Å². The fourth-order valence-corrected chi connectivity index (χ4v) is 3.62. The lowest BCUT2D eigenvalue weighted by molar-refractivity contribution is 0.0463. The second-order valence-corrected chi connectivity index (χ2v) is 8.55. The van der Waals surface area contributed by atoms with Gasteiger partial charge in [0, 0.05) is 35.2 Å². The number of hydrogen-bond acceptors (Lipinski definition) is 4. The van der Waals surface area contributed by atoms with E-state index in [0.29, 0.717) is 0 Å². The molecule has 104 valence electrons. The Bertz CT molecular complexity index is 230. The molecule has 0 bridgehead atoms. The molecule has 2 heterocycles. The largest absolute Gasteiger partial charge is 0.380 e. The van der Waals surface area contributed by atoms with Crippen molar-refractivity contribution in [2.45, 2.75) is 36.2 Å². The summed E-state index contributed by atoms with van der Waals surface area (Å²) < 4.78 is 11.7. The van der Waals surface area contributed by atoms with Gasteiger partial charge < -0.3 is 9.47 Å². The summed E-state index contributed by atoms with van der Waals surface area (Å²) >= 11 is 4.06. The van der Waals surface area contributed by atoms with E-state index < -0.39 is 0 Å². The first-order chi connectivity index (χ1) is 8.90. The van der Waals surface area contributed by atoms with E-state index in [2.05, 4.69) is 0 Å². The zero-order valence-corrected chi connectivity index (χ0v) is 12.6. The summed E-state index contributed by atoms with van der Waals surface area (Å²) in [6, 6.07) is 0. The van der Waals surface area contributed by atoms with Crippen LogP contribution in [-0.2, 0) is 9.47 Å². The van der Waals surface area contributed by atoms with E-state index >= 15 is 0 Å². The molecule has 2 saturated heterocycles. The molecule has 1 aliphatic carbocycles. The van der Waals surface area contributed by atoms with Gasteiger partial charge in [0.1, 0.15) is 0 Å². The van der Waals surface area contributed by atoms with Gasteiger partial charge in [-0.05, 0) is 31.1 Å². The molecule has 3 rings (SSSR count). The number of thioether (sulfide) groups is 2. The van der Waals surface area contributed by atoms with Crippen LogP contribution in [0.15, 0.2) is 0 Å². The van der Waals surface area contributed by atoms with Crippen molar-refractivity contribution in [1.29, 1.82) is 0 Å². The Balaban J connectivity index is 1.26. The molecule has 4 atom stereocenters. The molecule has 2 nitrogen and oxygen atoms in total. The van der Waals surface area contributed by atoms with Gasteiger partial charge in [-0.2, -0.15) is 23.5 Å². The van der Waals surface area contributed by atoms with Gasteiger partial charge in [0.15, 0.2) is 0 Å². The summed E-state index contributed by atoms with van der Waals surface area (Å²) in [5.74, 6) is 4.23. The van der Waals surface area contributed by atoms with E-state index in [0.717, 1.165) is 48.8 Å². The number of rotatable bonds is 8. The number of ether oxygens (including phenoxy) is 2. The van der Waals surface area contributed by atoms with Gasteiger partial charge in [-0.3, -0.25) is 0 Å². The summed E-state index contributed by atoms with van der Waals surface area (Å²) in [4.78, 5) is 0. The first kappa shape index (κ1) is 13.6. The average molecular weight is 288 g/mol. The lowest BCUT2D eigenvalue weighted by atomic mass is 9.82. The molecule has 0 radical (unpaired) electrons. The second-order valence-electron chi connectivity index (χ2n) is 5.88. The third-order valence-corrected chi connectivity index (χ3v) is 5.89. The zero-order chi connectivity index (χ0) is 12.2. The molecule has 2 aliphatic heterocycles. The maximum Gasteiger partial charge on any atom is 0.0593 e. The molecule has 0 N–H and O–H groups in total. The SMILES string of the molecule is C1CC(COCC2CS2)CC(COCC2CS2)C1. The first-order valence-electron chi connectivity index (χ1n) is 7.29. The Kier molecular flexibility index (Phi) is 5.19. The summed E-state index contributed by atoms with van der Waals surface area (Å²) in [5, 5.41) is 1.65. The van der Waals surface area contributed by atoms with Crippen molar-refractivity contribution in [1.82, 2.24) is 0 Å². The summed E-state index contributed by atoms with van der Waals surface area (Å²) in [6.45, 7) is 3.96. The van der Waals surface area contributed by atoms with E-state index in [-0.39, 0.29) is 0 Å². The molecule has 0 aromatic heterocycles. The minimum absolute atomic E-state index is 0.798. The topological polar surface area (TPSA) is 18.5 Å². The Hall–Kier alpha value is 0.620. The normalized spacial score (nSPS) is 38.7. The monoisotopic (exact) mass is 288 g/mol. The van der Waals surface area contributed by atoms with Crippen molar-refractivity contribution in [3.8, 4) is 0 Å². The third kappa shape index (κ3) is 4.95. The fraction of sp³-hybridized carbons (Fsp3) is 1.00. The van der Waals surface area contributed by atoms with Crippen molar-refractivity contribution in [3.63, 3.8) is 0 Å². The molecule has 0 spiro atoms. The smallest absolute Gasteiger partial charge is 0.0593 e. The fourth-order valence-electron chi connectivity index (χ4n) is 2.77.